The number of esters is 1. The third-order valence-electron chi connectivity index (χ3n) is 19.0. The Morgan fingerprint density at radius 3 is 2.17 bits per heavy atom. The summed E-state index contributed by atoms with van der Waals surface area (Å²) in [4.78, 5) is 27.7. The van der Waals surface area contributed by atoms with Crippen LogP contribution in [0.15, 0.2) is 12.2 Å². The van der Waals surface area contributed by atoms with Crippen molar-refractivity contribution in [3.63, 3.8) is 0 Å². The Kier molecular flexibility index (Phi) is 10.2. The summed E-state index contributed by atoms with van der Waals surface area (Å²) in [6, 6.07) is 0.135. The largest absolute Gasteiger partial charge is 0.481 e. The number of hydrogen-bond donors (Lipinski definition) is 3. The van der Waals surface area contributed by atoms with Gasteiger partial charge in [-0.1, -0.05) is 60.6 Å². The number of sulfone groups is 1. The number of ether oxygens (including phenoxy) is 1. The van der Waals surface area contributed by atoms with Crippen LogP contribution < -0.4 is 11.1 Å². The number of hydrogen-bond acceptors (Lipinski definition) is 8. The first-order valence-corrected chi connectivity index (χ1v) is 23.4. The summed E-state index contributed by atoms with van der Waals surface area (Å²) in [6.07, 6.45) is 11.7. The van der Waals surface area contributed by atoms with Gasteiger partial charge in [0.2, 0.25) is 0 Å². The first-order chi connectivity index (χ1) is 25.1. The second kappa shape index (κ2) is 13.5. The third kappa shape index (κ3) is 6.01. The molecular weight excluding hydrogens is 699 g/mol. The molecule has 0 aromatic heterocycles. The number of carbonyl (C=O) groups excluding carboxylic acids is 1. The fourth-order valence-electron chi connectivity index (χ4n) is 15.4. The van der Waals surface area contributed by atoms with E-state index in [1.165, 1.54) is 37.7 Å². The number of carboxylic acids is 1. The van der Waals surface area contributed by atoms with Crippen molar-refractivity contribution >= 4 is 21.8 Å². The topological polar surface area (TPSA) is 139 Å². The summed E-state index contributed by atoms with van der Waals surface area (Å²) >= 11 is 0. The zero-order valence-electron chi connectivity index (χ0n) is 34.8. The molecule has 306 valence electrons. The van der Waals surface area contributed by atoms with E-state index in [9.17, 15) is 23.1 Å². The molecule has 0 aromatic carbocycles. The summed E-state index contributed by atoms with van der Waals surface area (Å²) in [6.45, 7) is 25.8. The van der Waals surface area contributed by atoms with Crippen molar-refractivity contribution in [2.75, 3.05) is 37.7 Å². The number of fused-ring (bicyclic) bond motifs is 7. The highest BCUT2D eigenvalue weighted by atomic mass is 32.2. The quantitative estimate of drug-likeness (QED) is 0.173. The molecule has 13 atom stereocenters. The number of nitrogens with one attached hydrogen (secondary N) is 1. The average Bonchev–Trinajstić information content (AvgIpc) is 3.47. The molecule has 1 saturated heterocycles. The number of nitrogens with two attached hydrogens (primary N) is 1. The van der Waals surface area contributed by atoms with Crippen LogP contribution >= 0.6 is 0 Å². The molecular formula is C44H73N3O6S. The Balaban J connectivity index is 1.10. The molecule has 0 unspecified atom stereocenters. The van der Waals surface area contributed by atoms with Crippen molar-refractivity contribution in [1.82, 2.24) is 10.2 Å². The molecule has 7 rings (SSSR count). The number of allylic oxidation sites excluding steroid dienone is 1. The van der Waals surface area contributed by atoms with Gasteiger partial charge in [0.25, 0.3) is 0 Å². The maximum atomic E-state index is 13.6. The van der Waals surface area contributed by atoms with Crippen LogP contribution in [0.3, 0.4) is 0 Å². The maximum absolute atomic E-state index is 13.6. The molecule has 0 spiro atoms. The minimum atomic E-state index is -2.95. The van der Waals surface area contributed by atoms with Crippen LogP contribution in [0.2, 0.25) is 0 Å². The Labute approximate surface area is 326 Å². The summed E-state index contributed by atoms with van der Waals surface area (Å²) < 4.78 is 30.8. The molecule has 0 bridgehead atoms. The number of aliphatic carboxylic acids is 1. The number of nitrogens with zero attached hydrogens (tertiary/aromatic N) is 1. The van der Waals surface area contributed by atoms with E-state index < -0.39 is 27.1 Å². The van der Waals surface area contributed by atoms with E-state index in [1.807, 2.05) is 13.8 Å². The van der Waals surface area contributed by atoms with Gasteiger partial charge in [0.1, 0.15) is 6.10 Å². The Hall–Kier alpha value is -1.49. The third-order valence-corrected chi connectivity index (χ3v) is 20.6. The van der Waals surface area contributed by atoms with Gasteiger partial charge < -0.3 is 20.9 Å². The second-order valence-electron chi connectivity index (χ2n) is 21.6. The highest BCUT2D eigenvalue weighted by Gasteiger charge is 2.71. The van der Waals surface area contributed by atoms with Gasteiger partial charge in [-0.3, -0.25) is 14.5 Å². The minimum Gasteiger partial charge on any atom is -0.481 e. The Bertz CT molecular complexity index is 1610. The number of carboxylic acid groups (broad SMARTS) is 1. The molecule has 10 heteroatoms. The molecule has 0 amide bonds. The Morgan fingerprint density at radius 1 is 0.870 bits per heavy atom. The second-order valence-corrected chi connectivity index (χ2v) is 23.9. The normalized spacial score (nSPS) is 46.8. The van der Waals surface area contributed by atoms with Crippen LogP contribution in [0, 0.1) is 68.5 Å². The monoisotopic (exact) mass is 772 g/mol. The van der Waals surface area contributed by atoms with Crippen LogP contribution in [-0.4, -0.2) is 85.7 Å². The molecule has 0 radical (unpaired) electrons. The fourth-order valence-corrected chi connectivity index (χ4v) is 16.6. The summed E-state index contributed by atoms with van der Waals surface area (Å²) in [5.74, 6) is 1.28. The smallest absolute Gasteiger partial charge is 0.309 e. The summed E-state index contributed by atoms with van der Waals surface area (Å²) in [5.41, 5.74) is 7.58. The van der Waals surface area contributed by atoms with Gasteiger partial charge in [0.05, 0.1) is 23.3 Å². The molecule has 6 saturated carbocycles. The van der Waals surface area contributed by atoms with E-state index in [4.69, 9.17) is 10.5 Å². The SMILES string of the molecule is C=C(C)[C@@H]1CC[C@]2(NC[C@H](CN)N3CCS(=O)(=O)CC3)CC[C@]3(C)[C@H](CC[C@@H]4[C@@]5(C)CC[C@H](OC(=O)[C@H]6C[C@@H](C(=O)O)C6(C)C)C(C)(C)[C@@H]5CC[C@]43C)[C@@H]12. The molecule has 7 aliphatic rings. The maximum Gasteiger partial charge on any atom is 0.309 e. The van der Waals surface area contributed by atoms with Gasteiger partial charge >= 0.3 is 11.9 Å². The van der Waals surface area contributed by atoms with Crippen molar-refractivity contribution in [3.8, 4) is 0 Å². The molecule has 4 N–H and O–H groups in total. The summed E-state index contributed by atoms with van der Waals surface area (Å²) in [5, 5.41) is 13.9. The van der Waals surface area contributed by atoms with Crippen LogP contribution in [0.25, 0.3) is 0 Å². The van der Waals surface area contributed by atoms with Crippen molar-refractivity contribution in [1.29, 1.82) is 0 Å². The van der Waals surface area contributed by atoms with Gasteiger partial charge in [-0.05, 0) is 129 Å². The van der Waals surface area contributed by atoms with Gasteiger partial charge in [-0.2, -0.15) is 0 Å². The van der Waals surface area contributed by atoms with Gasteiger partial charge in [0, 0.05) is 43.2 Å². The highest BCUT2D eigenvalue weighted by Crippen LogP contribution is 2.76. The molecule has 54 heavy (non-hydrogen) atoms. The molecule has 7 fully saturated rings. The fraction of sp³-hybridized carbons (Fsp3) is 0.909. The summed E-state index contributed by atoms with van der Waals surface area (Å²) in [7, 11) is -2.95. The lowest BCUT2D eigenvalue weighted by molar-refractivity contribution is -0.248. The van der Waals surface area contributed by atoms with E-state index in [0.29, 0.717) is 55.6 Å². The average molecular weight is 772 g/mol. The molecule has 6 aliphatic carbocycles. The zero-order chi connectivity index (χ0) is 39.4. The van der Waals surface area contributed by atoms with Gasteiger partial charge in [-0.15, -0.1) is 0 Å². The number of rotatable bonds is 9. The van der Waals surface area contributed by atoms with Crippen molar-refractivity contribution < 1.29 is 27.9 Å². The standard InChI is InChI=1S/C44H73N3O6S/c1-27(2)29-12-17-44(46-26-28(25-45)47-20-22-54(51,52)23-21-47)19-18-42(8)30(36(29)44)10-11-34-41(7)15-14-35(40(5,6)33(41)13-16-43(34,42)9)53-38(50)32-24-31(37(48)49)39(32,3)4/h28-36,46H,1,10-26,45H2,2-9H3,(H,48,49)/t28-,29-,30+,31-,32+,33-,34+,35-,36+,41-,42+,43+,44-/m0/s1. The highest BCUT2D eigenvalue weighted by molar-refractivity contribution is 7.91. The first kappa shape index (κ1) is 40.7. The molecule has 0 aromatic rings. The van der Waals surface area contributed by atoms with E-state index in [2.05, 4.69) is 58.3 Å². The lowest BCUT2D eigenvalue weighted by atomic mass is 9.32. The zero-order valence-corrected chi connectivity index (χ0v) is 35.7. The van der Waals surface area contributed by atoms with Crippen molar-refractivity contribution in [3.05, 3.63) is 12.2 Å². The molecule has 9 nitrogen and oxygen atoms in total. The van der Waals surface area contributed by atoms with E-state index in [0.717, 1.165) is 38.6 Å². The van der Waals surface area contributed by atoms with Crippen molar-refractivity contribution in [2.24, 2.45) is 74.2 Å². The first-order valence-electron chi connectivity index (χ1n) is 21.6. The van der Waals surface area contributed by atoms with Crippen LogP contribution in [0.1, 0.15) is 126 Å². The minimum absolute atomic E-state index is 0.0524. The molecule has 1 aliphatic heterocycles. The van der Waals surface area contributed by atoms with E-state index in [1.54, 1.807) is 0 Å². The van der Waals surface area contributed by atoms with E-state index in [-0.39, 0.29) is 62.7 Å². The lowest BCUT2D eigenvalue weighted by Gasteiger charge is -2.73. The predicted octanol–water partition coefficient (Wildman–Crippen LogP) is 6.70. The van der Waals surface area contributed by atoms with Gasteiger partial charge in [-0.25, -0.2) is 8.42 Å². The molecule has 1 heterocycles. The van der Waals surface area contributed by atoms with E-state index >= 15 is 0 Å². The van der Waals surface area contributed by atoms with Crippen LogP contribution in [0.5, 0.6) is 0 Å². The Morgan fingerprint density at radius 2 is 1.56 bits per heavy atom. The van der Waals surface area contributed by atoms with Gasteiger partial charge in [0.15, 0.2) is 9.84 Å². The van der Waals surface area contributed by atoms with Crippen LogP contribution in [-0.2, 0) is 24.2 Å². The lowest BCUT2D eigenvalue weighted by Crippen LogP contribution is -2.69. The van der Waals surface area contributed by atoms with Crippen molar-refractivity contribution in [2.45, 2.75) is 144 Å². The predicted molar refractivity (Wildman–Crippen MR) is 213 cm³/mol. The van der Waals surface area contributed by atoms with Crippen LogP contribution in [0.4, 0.5) is 0 Å². The number of carbonyl (C=O) groups is 2.